The van der Waals surface area contributed by atoms with Crippen LogP contribution in [-0.4, -0.2) is 17.0 Å². The fraction of sp³-hybridized carbons (Fsp3) is 0.429. The van der Waals surface area contributed by atoms with Gasteiger partial charge in [0.2, 0.25) is 5.91 Å². The maximum absolute atomic E-state index is 12.0. The fourth-order valence-electron chi connectivity index (χ4n) is 2.41. The van der Waals surface area contributed by atoms with Crippen LogP contribution in [0.25, 0.3) is 0 Å². The first-order valence-electron chi connectivity index (χ1n) is 6.32. The Kier molecular flexibility index (Phi) is 4.43. The molecule has 1 aliphatic carbocycles. The number of carbonyl (C=O) groups is 2. The normalized spacial score (nSPS) is 22.2. The lowest BCUT2D eigenvalue weighted by Crippen LogP contribution is -2.29. The molecule has 2 N–H and O–H groups in total. The fourth-order valence-corrected chi connectivity index (χ4v) is 2.61. The van der Waals surface area contributed by atoms with Crippen LogP contribution in [0.15, 0.2) is 24.3 Å². The highest BCUT2D eigenvalue weighted by atomic mass is 35.5. The minimum Gasteiger partial charge on any atom is -0.481 e. The van der Waals surface area contributed by atoms with Gasteiger partial charge in [0.1, 0.15) is 0 Å². The number of rotatable bonds is 4. The Morgan fingerprint density at radius 3 is 2.58 bits per heavy atom. The van der Waals surface area contributed by atoms with Gasteiger partial charge in [-0.3, -0.25) is 9.59 Å². The van der Waals surface area contributed by atoms with Crippen LogP contribution in [0.2, 0.25) is 5.02 Å². The molecule has 1 aromatic carbocycles. The van der Waals surface area contributed by atoms with Gasteiger partial charge in [-0.1, -0.05) is 29.8 Å². The highest BCUT2D eigenvalue weighted by molar-refractivity contribution is 6.31. The van der Waals surface area contributed by atoms with Crippen LogP contribution in [0, 0.1) is 11.8 Å². The van der Waals surface area contributed by atoms with Crippen LogP contribution >= 0.6 is 11.6 Å². The summed E-state index contributed by atoms with van der Waals surface area (Å²) < 4.78 is 0. The molecule has 0 spiro atoms. The molecule has 2 rings (SSSR count). The summed E-state index contributed by atoms with van der Waals surface area (Å²) in [5.74, 6) is -1.45. The van der Waals surface area contributed by atoms with E-state index in [1.165, 1.54) is 0 Å². The molecule has 0 bridgehead atoms. The Morgan fingerprint density at radius 1 is 1.26 bits per heavy atom. The van der Waals surface area contributed by atoms with Gasteiger partial charge in [0, 0.05) is 17.5 Å². The number of amides is 1. The Hall–Kier alpha value is -1.55. The summed E-state index contributed by atoms with van der Waals surface area (Å²) in [6, 6.07) is 7.34. The van der Waals surface area contributed by atoms with E-state index in [9.17, 15) is 9.59 Å². The molecule has 102 valence electrons. The van der Waals surface area contributed by atoms with Crippen LogP contribution in [0.5, 0.6) is 0 Å². The smallest absolute Gasteiger partial charge is 0.306 e. The Balaban J connectivity index is 1.86. The molecule has 0 radical (unpaired) electrons. The maximum atomic E-state index is 12.0. The van der Waals surface area contributed by atoms with Crippen LogP contribution in [-0.2, 0) is 16.1 Å². The molecule has 0 unspecified atom stereocenters. The average molecular weight is 282 g/mol. The first-order chi connectivity index (χ1) is 9.08. The predicted octanol–water partition coefficient (Wildman–Crippen LogP) is 2.46. The second kappa shape index (κ2) is 6.06. The molecule has 0 aromatic heterocycles. The molecule has 1 aliphatic rings. The zero-order valence-corrected chi connectivity index (χ0v) is 11.2. The van der Waals surface area contributed by atoms with Gasteiger partial charge in [-0.15, -0.1) is 0 Å². The van der Waals surface area contributed by atoms with Crippen molar-refractivity contribution in [1.82, 2.24) is 5.32 Å². The predicted molar refractivity (Wildman–Crippen MR) is 71.8 cm³/mol. The zero-order chi connectivity index (χ0) is 13.8. The number of halogens is 1. The molecule has 1 aromatic rings. The van der Waals surface area contributed by atoms with Gasteiger partial charge in [0.25, 0.3) is 0 Å². The minimum absolute atomic E-state index is 0.0799. The summed E-state index contributed by atoms with van der Waals surface area (Å²) in [4.78, 5) is 22.8. The summed E-state index contributed by atoms with van der Waals surface area (Å²) in [6.07, 6.45) is 1.66. The summed E-state index contributed by atoms with van der Waals surface area (Å²) in [5.41, 5.74) is 0.866. The molecule has 0 heterocycles. The Bertz CT molecular complexity index is 489. The number of aliphatic carboxylic acids is 1. The molecule has 2 atom stereocenters. The summed E-state index contributed by atoms with van der Waals surface area (Å²) in [5, 5.41) is 12.4. The number of hydrogen-bond donors (Lipinski definition) is 2. The number of nitrogens with one attached hydrogen (secondary N) is 1. The van der Waals surface area contributed by atoms with Crippen molar-refractivity contribution in [2.24, 2.45) is 11.8 Å². The van der Waals surface area contributed by atoms with Gasteiger partial charge in [-0.05, 0) is 30.9 Å². The molecule has 1 amide bonds. The van der Waals surface area contributed by atoms with E-state index in [0.29, 0.717) is 30.8 Å². The summed E-state index contributed by atoms with van der Waals surface area (Å²) in [6.45, 7) is 0.382. The van der Waals surface area contributed by atoms with Gasteiger partial charge >= 0.3 is 5.97 Å². The van der Waals surface area contributed by atoms with Crippen LogP contribution in [0.4, 0.5) is 0 Å². The largest absolute Gasteiger partial charge is 0.481 e. The lowest BCUT2D eigenvalue weighted by atomic mass is 10.0. The van der Waals surface area contributed by atoms with E-state index < -0.39 is 5.97 Å². The third-order valence-electron chi connectivity index (χ3n) is 3.56. The Labute approximate surface area is 116 Å². The van der Waals surface area contributed by atoms with Gasteiger partial charge in [-0.2, -0.15) is 0 Å². The number of carboxylic acid groups (broad SMARTS) is 1. The lowest BCUT2D eigenvalue weighted by Gasteiger charge is -2.11. The molecular weight excluding hydrogens is 266 g/mol. The first-order valence-corrected chi connectivity index (χ1v) is 6.69. The van der Waals surface area contributed by atoms with Crippen molar-refractivity contribution in [2.45, 2.75) is 25.8 Å². The van der Waals surface area contributed by atoms with Crippen LogP contribution in [0.3, 0.4) is 0 Å². The second-order valence-electron chi connectivity index (χ2n) is 4.85. The molecule has 19 heavy (non-hydrogen) atoms. The van der Waals surface area contributed by atoms with Crippen molar-refractivity contribution in [3.63, 3.8) is 0 Å². The lowest BCUT2D eigenvalue weighted by molar-refractivity contribution is -0.141. The standard InChI is InChI=1S/C14H16ClNO3/c15-12-4-2-1-3-11(12)8-16-13(17)9-5-6-10(7-9)14(18)19/h1-4,9-10H,5-8H2,(H,16,17)(H,18,19)/t9-,10+/m1/s1. The van der Waals surface area contributed by atoms with Crippen molar-refractivity contribution < 1.29 is 14.7 Å². The van der Waals surface area contributed by atoms with E-state index in [-0.39, 0.29) is 17.7 Å². The Morgan fingerprint density at radius 2 is 1.95 bits per heavy atom. The highest BCUT2D eigenvalue weighted by Gasteiger charge is 2.33. The number of benzene rings is 1. The van der Waals surface area contributed by atoms with Gasteiger partial charge < -0.3 is 10.4 Å². The van der Waals surface area contributed by atoms with Gasteiger partial charge in [0.05, 0.1) is 5.92 Å². The second-order valence-corrected chi connectivity index (χ2v) is 5.26. The van der Waals surface area contributed by atoms with Crippen molar-refractivity contribution in [3.05, 3.63) is 34.9 Å². The number of hydrogen-bond acceptors (Lipinski definition) is 2. The third kappa shape index (κ3) is 3.47. The van der Waals surface area contributed by atoms with Crippen molar-refractivity contribution in [3.8, 4) is 0 Å². The van der Waals surface area contributed by atoms with E-state index in [1.54, 1.807) is 6.07 Å². The van der Waals surface area contributed by atoms with E-state index in [0.717, 1.165) is 5.56 Å². The monoisotopic (exact) mass is 281 g/mol. The van der Waals surface area contributed by atoms with Crippen molar-refractivity contribution in [1.29, 1.82) is 0 Å². The third-order valence-corrected chi connectivity index (χ3v) is 3.93. The van der Waals surface area contributed by atoms with Crippen LogP contribution < -0.4 is 5.32 Å². The quantitative estimate of drug-likeness (QED) is 0.891. The molecule has 5 heteroatoms. The molecule has 0 saturated heterocycles. The topological polar surface area (TPSA) is 66.4 Å². The van der Waals surface area contributed by atoms with Gasteiger partial charge in [-0.25, -0.2) is 0 Å². The molecule has 1 fully saturated rings. The highest BCUT2D eigenvalue weighted by Crippen LogP contribution is 2.31. The minimum atomic E-state index is -0.804. The molecule has 4 nitrogen and oxygen atoms in total. The summed E-state index contributed by atoms with van der Waals surface area (Å²) >= 11 is 6.00. The van der Waals surface area contributed by atoms with Gasteiger partial charge in [0.15, 0.2) is 0 Å². The summed E-state index contributed by atoms with van der Waals surface area (Å²) in [7, 11) is 0. The van der Waals surface area contributed by atoms with Crippen molar-refractivity contribution in [2.75, 3.05) is 0 Å². The number of carbonyl (C=O) groups excluding carboxylic acids is 1. The van der Waals surface area contributed by atoms with E-state index in [1.807, 2.05) is 18.2 Å². The SMILES string of the molecule is O=C(O)[C@H]1CC[C@@H](C(=O)NCc2ccccc2Cl)C1. The van der Waals surface area contributed by atoms with E-state index in [2.05, 4.69) is 5.32 Å². The van der Waals surface area contributed by atoms with Crippen LogP contribution in [0.1, 0.15) is 24.8 Å². The molecule has 0 aliphatic heterocycles. The number of carboxylic acids is 1. The molecule has 1 saturated carbocycles. The van der Waals surface area contributed by atoms with E-state index >= 15 is 0 Å². The van der Waals surface area contributed by atoms with Crippen molar-refractivity contribution >= 4 is 23.5 Å². The molecular formula is C14H16ClNO3. The van der Waals surface area contributed by atoms with E-state index in [4.69, 9.17) is 16.7 Å². The maximum Gasteiger partial charge on any atom is 0.306 e. The average Bonchev–Trinajstić information content (AvgIpc) is 2.87. The first kappa shape index (κ1) is 13.9. The zero-order valence-electron chi connectivity index (χ0n) is 10.4.